The van der Waals surface area contributed by atoms with E-state index < -0.39 is 6.04 Å². The molecule has 1 amide bonds. The second-order valence-corrected chi connectivity index (χ2v) is 8.82. The third-order valence-corrected chi connectivity index (χ3v) is 6.14. The van der Waals surface area contributed by atoms with E-state index in [0.29, 0.717) is 19.4 Å². The van der Waals surface area contributed by atoms with Crippen molar-refractivity contribution < 1.29 is 14.3 Å². The Morgan fingerprint density at radius 3 is 2.71 bits per heavy atom. The number of rotatable bonds is 7. The van der Waals surface area contributed by atoms with E-state index in [-0.39, 0.29) is 23.2 Å². The largest absolute Gasteiger partial charge is 0.487 e. The van der Waals surface area contributed by atoms with Crippen LogP contribution in [0.5, 0.6) is 5.75 Å². The minimum Gasteiger partial charge on any atom is -0.487 e. The Morgan fingerprint density at radius 2 is 2.00 bits per heavy atom. The van der Waals surface area contributed by atoms with E-state index in [9.17, 15) is 9.59 Å². The van der Waals surface area contributed by atoms with Crippen molar-refractivity contribution in [2.45, 2.75) is 50.7 Å². The van der Waals surface area contributed by atoms with Gasteiger partial charge in [-0.2, -0.15) is 0 Å². The van der Waals surface area contributed by atoms with Crippen LogP contribution < -0.4 is 10.1 Å². The number of carbonyl (C=O) groups excluding carboxylic acids is 2. The molecule has 6 heteroatoms. The van der Waals surface area contributed by atoms with Gasteiger partial charge in [0.1, 0.15) is 17.9 Å². The molecule has 1 N–H and O–H groups in total. The molecule has 0 saturated heterocycles. The molecule has 3 atom stereocenters. The molecular weight excluding hydrogens is 354 g/mol. The van der Waals surface area contributed by atoms with Gasteiger partial charge in [0.15, 0.2) is 5.78 Å². The number of fused-ring (bicyclic) bond motifs is 3. The lowest BCUT2D eigenvalue weighted by Gasteiger charge is -2.39. The number of hydrogen-bond donors (Lipinski definition) is 1. The van der Waals surface area contributed by atoms with Gasteiger partial charge in [-0.15, -0.1) is 0 Å². The third-order valence-electron chi connectivity index (χ3n) is 6.14. The normalized spacial score (nSPS) is 26.2. The van der Waals surface area contributed by atoms with Crippen LogP contribution in [-0.4, -0.2) is 74.4 Å². The molecule has 6 nitrogen and oxygen atoms in total. The average Bonchev–Trinajstić information content (AvgIpc) is 2.93. The second-order valence-electron chi connectivity index (χ2n) is 8.82. The van der Waals surface area contributed by atoms with Crippen LogP contribution in [0, 0.1) is 6.92 Å². The van der Waals surface area contributed by atoms with Crippen LogP contribution in [0.4, 0.5) is 0 Å². The predicted octanol–water partition coefficient (Wildman–Crippen LogP) is 1.74. The maximum atomic E-state index is 12.6. The third kappa shape index (κ3) is 4.23. The number of aryl methyl sites for hydroxylation is 1. The zero-order valence-electron chi connectivity index (χ0n) is 17.7. The van der Waals surface area contributed by atoms with Crippen molar-refractivity contribution in [1.29, 1.82) is 0 Å². The fourth-order valence-corrected chi connectivity index (χ4v) is 4.21. The van der Waals surface area contributed by atoms with Crippen LogP contribution in [0.15, 0.2) is 18.2 Å². The molecular formula is C22H33N3O3. The molecule has 0 aromatic heterocycles. The highest BCUT2D eigenvalue weighted by Crippen LogP contribution is 2.49. The Labute approximate surface area is 168 Å². The van der Waals surface area contributed by atoms with Crippen LogP contribution in [0.1, 0.15) is 37.3 Å². The number of ketones is 1. The Balaban J connectivity index is 1.64. The van der Waals surface area contributed by atoms with Gasteiger partial charge in [0, 0.05) is 43.5 Å². The molecule has 28 heavy (non-hydrogen) atoms. The van der Waals surface area contributed by atoms with Gasteiger partial charge in [-0.05, 0) is 40.6 Å². The molecule has 1 heterocycles. The zero-order chi connectivity index (χ0) is 20.5. The number of hydrogen-bond acceptors (Lipinski definition) is 5. The fraction of sp³-hybridized carbons (Fsp3) is 0.636. The van der Waals surface area contributed by atoms with Crippen molar-refractivity contribution in [3.8, 4) is 5.75 Å². The lowest BCUT2D eigenvalue weighted by molar-refractivity contribution is -0.133. The lowest BCUT2D eigenvalue weighted by Crippen LogP contribution is -2.59. The van der Waals surface area contributed by atoms with Crippen molar-refractivity contribution in [3.63, 3.8) is 0 Å². The summed E-state index contributed by atoms with van der Waals surface area (Å²) in [5.74, 6) is 0.826. The SMILES string of the molecule is Cc1ccc2c(c1)[C@]1(C)CCC(=O)[C@H](NC(=O)CCN(C)CCN(C)C)[C@@H]1O2. The number of ether oxygens (including phenoxy) is 1. The summed E-state index contributed by atoms with van der Waals surface area (Å²) in [6.45, 7) is 6.75. The van der Waals surface area contributed by atoms with Crippen molar-refractivity contribution in [2.75, 3.05) is 40.8 Å². The van der Waals surface area contributed by atoms with Gasteiger partial charge < -0.3 is 19.9 Å². The van der Waals surface area contributed by atoms with Crippen molar-refractivity contribution in [2.24, 2.45) is 0 Å². The van der Waals surface area contributed by atoms with Crippen molar-refractivity contribution in [1.82, 2.24) is 15.1 Å². The number of Topliss-reactive ketones (excluding diaryl/α,β-unsaturated/α-hetero) is 1. The Kier molecular flexibility index (Phi) is 6.10. The topological polar surface area (TPSA) is 61.9 Å². The molecule has 3 rings (SSSR count). The van der Waals surface area contributed by atoms with Gasteiger partial charge >= 0.3 is 0 Å². The van der Waals surface area contributed by atoms with Crippen LogP contribution in [0.25, 0.3) is 0 Å². The average molecular weight is 388 g/mol. The first-order valence-electron chi connectivity index (χ1n) is 10.1. The number of nitrogens with zero attached hydrogens (tertiary/aromatic N) is 2. The fourth-order valence-electron chi connectivity index (χ4n) is 4.21. The van der Waals surface area contributed by atoms with Gasteiger partial charge in [-0.25, -0.2) is 0 Å². The van der Waals surface area contributed by atoms with Gasteiger partial charge in [-0.3, -0.25) is 9.59 Å². The van der Waals surface area contributed by atoms with Gasteiger partial charge in [-0.1, -0.05) is 24.6 Å². The molecule has 2 aliphatic rings. The highest BCUT2D eigenvalue weighted by Gasteiger charge is 2.54. The summed E-state index contributed by atoms with van der Waals surface area (Å²) in [5, 5.41) is 2.98. The monoisotopic (exact) mass is 387 g/mol. The molecule has 1 aromatic rings. The molecule has 1 aliphatic heterocycles. The number of carbonyl (C=O) groups is 2. The number of nitrogens with one attached hydrogen (secondary N) is 1. The summed E-state index contributed by atoms with van der Waals surface area (Å²) in [4.78, 5) is 29.5. The predicted molar refractivity (Wildman–Crippen MR) is 110 cm³/mol. The summed E-state index contributed by atoms with van der Waals surface area (Å²) >= 11 is 0. The molecule has 1 aliphatic carbocycles. The molecule has 1 saturated carbocycles. The van der Waals surface area contributed by atoms with Crippen LogP contribution in [-0.2, 0) is 15.0 Å². The maximum Gasteiger partial charge on any atom is 0.221 e. The van der Waals surface area contributed by atoms with Crippen LogP contribution in [0.2, 0.25) is 0 Å². The first-order chi connectivity index (χ1) is 13.2. The zero-order valence-corrected chi connectivity index (χ0v) is 17.7. The highest BCUT2D eigenvalue weighted by atomic mass is 16.5. The number of benzene rings is 1. The van der Waals surface area contributed by atoms with E-state index >= 15 is 0 Å². The minimum absolute atomic E-state index is 0.0707. The quantitative estimate of drug-likeness (QED) is 0.772. The first kappa shape index (κ1) is 20.8. The summed E-state index contributed by atoms with van der Waals surface area (Å²) in [5.41, 5.74) is 2.10. The smallest absolute Gasteiger partial charge is 0.221 e. The molecule has 1 fully saturated rings. The summed E-state index contributed by atoms with van der Waals surface area (Å²) in [6, 6.07) is 5.59. The Hall–Kier alpha value is -1.92. The van der Waals surface area contributed by atoms with E-state index in [1.54, 1.807) is 0 Å². The van der Waals surface area contributed by atoms with E-state index in [0.717, 1.165) is 30.8 Å². The van der Waals surface area contributed by atoms with Gasteiger partial charge in [0.05, 0.1) is 0 Å². The van der Waals surface area contributed by atoms with Crippen LogP contribution in [0.3, 0.4) is 0 Å². The molecule has 0 unspecified atom stereocenters. The van der Waals surface area contributed by atoms with E-state index in [1.807, 2.05) is 33.3 Å². The first-order valence-corrected chi connectivity index (χ1v) is 10.1. The summed E-state index contributed by atoms with van der Waals surface area (Å²) < 4.78 is 6.19. The lowest BCUT2D eigenvalue weighted by atomic mass is 9.67. The van der Waals surface area contributed by atoms with E-state index in [1.165, 1.54) is 5.56 Å². The summed E-state index contributed by atoms with van der Waals surface area (Å²) in [7, 11) is 6.08. The minimum atomic E-state index is -0.578. The number of amides is 1. The summed E-state index contributed by atoms with van der Waals surface area (Å²) in [6.07, 6.45) is 1.27. The number of likely N-dealkylation sites (N-methyl/N-ethyl adjacent to an activating group) is 2. The molecule has 154 valence electrons. The van der Waals surface area contributed by atoms with E-state index in [4.69, 9.17) is 4.74 Å². The molecule has 1 aromatic carbocycles. The Morgan fingerprint density at radius 1 is 1.25 bits per heavy atom. The van der Waals surface area contributed by atoms with E-state index in [2.05, 4.69) is 35.0 Å². The molecule has 0 bridgehead atoms. The molecule has 0 radical (unpaired) electrons. The second kappa shape index (κ2) is 8.21. The van der Waals surface area contributed by atoms with Gasteiger partial charge in [0.25, 0.3) is 0 Å². The molecule has 0 spiro atoms. The van der Waals surface area contributed by atoms with Gasteiger partial charge in [0.2, 0.25) is 5.91 Å². The van der Waals surface area contributed by atoms with Crippen LogP contribution >= 0.6 is 0 Å². The van der Waals surface area contributed by atoms with Crippen molar-refractivity contribution in [3.05, 3.63) is 29.3 Å². The highest BCUT2D eigenvalue weighted by molar-refractivity contribution is 5.91. The van der Waals surface area contributed by atoms with Crippen molar-refractivity contribution >= 4 is 11.7 Å². The maximum absolute atomic E-state index is 12.6. The standard InChI is InChI=1S/C22H33N3O3/c1-15-6-7-18-16(14-15)22(2)10-8-17(26)20(21(22)28-18)23-19(27)9-11-25(5)13-12-24(3)4/h6-7,14,20-21H,8-13H2,1-5H3,(H,23,27)/t20-,21-,22-/m0/s1. The Bertz CT molecular complexity index is 749.